The van der Waals surface area contributed by atoms with Crippen LogP contribution in [0.3, 0.4) is 0 Å². The Morgan fingerprint density at radius 3 is 3.08 bits per heavy atom. The maximum Gasteiger partial charge on any atom is 0.182 e. The zero-order chi connectivity index (χ0) is 9.26. The Morgan fingerprint density at radius 1 is 1.77 bits per heavy atom. The van der Waals surface area contributed by atoms with Crippen LogP contribution in [0.4, 0.5) is 5.13 Å². The van der Waals surface area contributed by atoms with Crippen LogP contribution in [0.2, 0.25) is 0 Å². The van der Waals surface area contributed by atoms with Gasteiger partial charge >= 0.3 is 0 Å². The van der Waals surface area contributed by atoms with Gasteiger partial charge in [-0.25, -0.2) is 4.98 Å². The molecule has 2 heterocycles. The minimum Gasteiger partial charge on any atom is -0.365 e. The van der Waals surface area contributed by atoms with E-state index in [9.17, 15) is 0 Å². The van der Waals surface area contributed by atoms with Gasteiger partial charge in [-0.05, 0) is 0 Å². The summed E-state index contributed by atoms with van der Waals surface area (Å²) in [5.41, 5.74) is 5.69. The van der Waals surface area contributed by atoms with E-state index >= 15 is 0 Å². The van der Waals surface area contributed by atoms with Crippen molar-refractivity contribution in [3.8, 4) is 0 Å². The van der Waals surface area contributed by atoms with Crippen LogP contribution in [0.1, 0.15) is 4.88 Å². The van der Waals surface area contributed by atoms with E-state index < -0.39 is 0 Å². The molecule has 0 spiro atoms. The van der Waals surface area contributed by atoms with Gasteiger partial charge in [0.2, 0.25) is 0 Å². The number of anilines is 1. The average molecular weight is 198 g/mol. The zero-order valence-electron chi connectivity index (χ0n) is 7.66. The Balaban J connectivity index is 1.87. The van der Waals surface area contributed by atoms with E-state index in [2.05, 4.69) is 15.2 Å². The minimum absolute atomic E-state index is 0.386. The van der Waals surface area contributed by atoms with Crippen LogP contribution in [-0.2, 0) is 6.54 Å². The first-order valence-corrected chi connectivity index (χ1v) is 5.20. The molecule has 1 aromatic heterocycles. The smallest absolute Gasteiger partial charge is 0.182 e. The summed E-state index contributed by atoms with van der Waals surface area (Å²) < 4.78 is 0. The summed E-state index contributed by atoms with van der Waals surface area (Å²) in [4.78, 5) is 7.85. The molecule has 1 saturated heterocycles. The number of nitrogens with two attached hydrogens (primary N) is 1. The van der Waals surface area contributed by atoms with Crippen molar-refractivity contribution in [2.75, 3.05) is 25.5 Å². The van der Waals surface area contributed by atoms with Crippen LogP contribution >= 0.6 is 11.3 Å². The van der Waals surface area contributed by atoms with Crippen LogP contribution in [0.5, 0.6) is 0 Å². The standard InChI is InChI=1S/C8H14N4S/c1-10-8-11-2-7(13-8)5-12-3-6(9)4-12/h2,6H,3-5,9H2,1H3,(H,10,11). The Bertz CT molecular complexity index is 279. The van der Waals surface area contributed by atoms with Crippen LogP contribution < -0.4 is 11.1 Å². The third kappa shape index (κ3) is 1.99. The maximum absolute atomic E-state index is 5.69. The molecule has 72 valence electrons. The summed E-state index contributed by atoms with van der Waals surface area (Å²) >= 11 is 1.71. The molecule has 1 fully saturated rings. The third-order valence-corrected chi connectivity index (χ3v) is 3.13. The van der Waals surface area contributed by atoms with Gasteiger partial charge < -0.3 is 11.1 Å². The van der Waals surface area contributed by atoms with E-state index in [0.29, 0.717) is 6.04 Å². The molecule has 3 N–H and O–H groups in total. The molecule has 1 aromatic rings. The molecule has 0 unspecified atom stereocenters. The van der Waals surface area contributed by atoms with Gasteiger partial charge in [0.15, 0.2) is 5.13 Å². The molecule has 5 heteroatoms. The molecule has 1 aliphatic rings. The molecular weight excluding hydrogens is 184 g/mol. The highest BCUT2D eigenvalue weighted by Gasteiger charge is 2.23. The second kappa shape index (κ2) is 3.61. The molecule has 0 aromatic carbocycles. The van der Waals surface area contributed by atoms with Crippen LogP contribution in [0, 0.1) is 0 Å². The summed E-state index contributed by atoms with van der Waals surface area (Å²) in [7, 11) is 1.89. The normalized spacial score (nSPS) is 18.6. The highest BCUT2D eigenvalue weighted by molar-refractivity contribution is 7.15. The molecular formula is C8H14N4S. The van der Waals surface area contributed by atoms with Crippen molar-refractivity contribution in [2.45, 2.75) is 12.6 Å². The molecule has 2 rings (SSSR count). The second-order valence-corrected chi connectivity index (χ2v) is 4.45. The topological polar surface area (TPSA) is 54.2 Å². The number of nitrogens with zero attached hydrogens (tertiary/aromatic N) is 2. The fraction of sp³-hybridized carbons (Fsp3) is 0.625. The lowest BCUT2D eigenvalue weighted by Gasteiger charge is -2.36. The quantitative estimate of drug-likeness (QED) is 0.735. The predicted molar refractivity (Wildman–Crippen MR) is 54.9 cm³/mol. The number of hydrogen-bond acceptors (Lipinski definition) is 5. The fourth-order valence-corrected chi connectivity index (χ4v) is 2.26. The Hall–Kier alpha value is -0.650. The second-order valence-electron chi connectivity index (χ2n) is 3.34. The van der Waals surface area contributed by atoms with E-state index in [-0.39, 0.29) is 0 Å². The molecule has 1 aliphatic heterocycles. The highest BCUT2D eigenvalue weighted by atomic mass is 32.1. The van der Waals surface area contributed by atoms with Crippen LogP contribution in [0.25, 0.3) is 0 Å². The molecule has 0 amide bonds. The monoisotopic (exact) mass is 198 g/mol. The van der Waals surface area contributed by atoms with Gasteiger partial charge in [0.05, 0.1) is 0 Å². The third-order valence-electron chi connectivity index (χ3n) is 2.13. The lowest BCUT2D eigenvalue weighted by atomic mass is 10.1. The molecule has 0 aliphatic carbocycles. The summed E-state index contributed by atoms with van der Waals surface area (Å²) in [5, 5.41) is 4.02. The average Bonchev–Trinajstić information content (AvgIpc) is 2.50. The van der Waals surface area contributed by atoms with Crippen LogP contribution in [0.15, 0.2) is 6.20 Å². The number of aromatic nitrogens is 1. The number of hydrogen-bond donors (Lipinski definition) is 2. The summed E-state index contributed by atoms with van der Waals surface area (Å²) in [6.45, 7) is 3.03. The lowest BCUT2D eigenvalue weighted by Crippen LogP contribution is -2.54. The maximum atomic E-state index is 5.69. The van der Waals surface area contributed by atoms with Crippen molar-refractivity contribution in [3.63, 3.8) is 0 Å². The first kappa shape index (κ1) is 8.93. The van der Waals surface area contributed by atoms with E-state index in [1.165, 1.54) is 4.88 Å². The molecule has 0 atom stereocenters. The van der Waals surface area contributed by atoms with Gasteiger partial charge in [-0.2, -0.15) is 0 Å². The van der Waals surface area contributed by atoms with Crippen molar-refractivity contribution in [3.05, 3.63) is 11.1 Å². The first-order valence-electron chi connectivity index (χ1n) is 4.38. The molecule has 0 saturated carbocycles. The molecule has 0 bridgehead atoms. The lowest BCUT2D eigenvalue weighted by molar-refractivity contribution is 0.144. The predicted octanol–water partition coefficient (Wildman–Crippen LogP) is 0.328. The first-order chi connectivity index (χ1) is 6.28. The summed E-state index contributed by atoms with van der Waals surface area (Å²) in [6, 6.07) is 0.386. The van der Waals surface area contributed by atoms with Gasteiger partial charge in [-0.3, -0.25) is 4.90 Å². The van der Waals surface area contributed by atoms with E-state index in [0.717, 1.165) is 24.8 Å². The zero-order valence-corrected chi connectivity index (χ0v) is 8.47. The van der Waals surface area contributed by atoms with Gasteiger partial charge in [-0.1, -0.05) is 0 Å². The van der Waals surface area contributed by atoms with Gasteiger partial charge in [-0.15, -0.1) is 11.3 Å². The van der Waals surface area contributed by atoms with E-state index in [1.807, 2.05) is 13.2 Å². The largest absolute Gasteiger partial charge is 0.365 e. The summed E-state index contributed by atoms with van der Waals surface area (Å²) in [6.07, 6.45) is 1.93. The number of nitrogens with one attached hydrogen (secondary N) is 1. The van der Waals surface area contributed by atoms with Crippen molar-refractivity contribution < 1.29 is 0 Å². The van der Waals surface area contributed by atoms with Crippen molar-refractivity contribution in [2.24, 2.45) is 5.73 Å². The minimum atomic E-state index is 0.386. The van der Waals surface area contributed by atoms with Crippen molar-refractivity contribution >= 4 is 16.5 Å². The van der Waals surface area contributed by atoms with Crippen LogP contribution in [-0.4, -0.2) is 36.1 Å². The SMILES string of the molecule is CNc1ncc(CN2CC(N)C2)s1. The van der Waals surface area contributed by atoms with E-state index in [4.69, 9.17) is 5.73 Å². The molecule has 4 nitrogen and oxygen atoms in total. The Kier molecular flexibility index (Phi) is 2.48. The molecule has 0 radical (unpaired) electrons. The Morgan fingerprint density at radius 2 is 2.54 bits per heavy atom. The fourth-order valence-electron chi connectivity index (χ4n) is 1.46. The van der Waals surface area contributed by atoms with Crippen molar-refractivity contribution in [1.82, 2.24) is 9.88 Å². The van der Waals surface area contributed by atoms with Gasteiger partial charge in [0, 0.05) is 43.8 Å². The number of rotatable bonds is 3. The number of thiazole rings is 1. The van der Waals surface area contributed by atoms with Gasteiger partial charge in [0.1, 0.15) is 0 Å². The van der Waals surface area contributed by atoms with Crippen molar-refractivity contribution in [1.29, 1.82) is 0 Å². The van der Waals surface area contributed by atoms with Gasteiger partial charge in [0.25, 0.3) is 0 Å². The molecule has 13 heavy (non-hydrogen) atoms. The Labute approximate surface area is 81.8 Å². The summed E-state index contributed by atoms with van der Waals surface area (Å²) in [5.74, 6) is 0. The number of likely N-dealkylation sites (tertiary alicyclic amines) is 1. The highest BCUT2D eigenvalue weighted by Crippen LogP contribution is 2.20. The van der Waals surface area contributed by atoms with E-state index in [1.54, 1.807) is 11.3 Å².